The molecule has 1 aliphatic heterocycles. The van der Waals surface area contributed by atoms with Crippen LogP contribution in [0.1, 0.15) is 6.92 Å². The number of benzene rings is 2. The topological polar surface area (TPSA) is 82.0 Å². The van der Waals surface area contributed by atoms with E-state index in [9.17, 15) is 4.79 Å². The van der Waals surface area contributed by atoms with Crippen LogP contribution in [0.2, 0.25) is 0 Å². The first-order valence-electron chi connectivity index (χ1n) is 12.4. The van der Waals surface area contributed by atoms with Gasteiger partial charge < -0.3 is 24.0 Å². The minimum atomic E-state index is -0.602. The van der Waals surface area contributed by atoms with Crippen LogP contribution < -0.4 is 24.7 Å². The Kier molecular flexibility index (Phi) is 7.15. The van der Waals surface area contributed by atoms with Gasteiger partial charge in [-0.1, -0.05) is 13.0 Å². The highest BCUT2D eigenvalue weighted by molar-refractivity contribution is 5.88. The number of methoxy groups -OCH3 is 2. The third-order valence-electron chi connectivity index (χ3n) is 6.92. The van der Waals surface area contributed by atoms with Crippen molar-refractivity contribution in [2.45, 2.75) is 6.92 Å². The summed E-state index contributed by atoms with van der Waals surface area (Å²) >= 11 is 0. The van der Waals surface area contributed by atoms with Crippen LogP contribution in [0.3, 0.4) is 0 Å². The molecule has 2 aromatic carbocycles. The number of halogens is 1. The van der Waals surface area contributed by atoms with Gasteiger partial charge in [-0.2, -0.15) is 0 Å². The van der Waals surface area contributed by atoms with Gasteiger partial charge in [0, 0.05) is 57.1 Å². The number of aromatic nitrogens is 3. The van der Waals surface area contributed by atoms with Gasteiger partial charge in [0.25, 0.3) is 5.56 Å². The van der Waals surface area contributed by atoms with Crippen LogP contribution in [0.15, 0.2) is 53.6 Å². The molecule has 0 atom stereocenters. The molecule has 0 unspecified atom stereocenters. The van der Waals surface area contributed by atoms with Crippen molar-refractivity contribution < 1.29 is 18.6 Å². The maximum absolute atomic E-state index is 15.2. The predicted molar refractivity (Wildman–Crippen MR) is 144 cm³/mol. The summed E-state index contributed by atoms with van der Waals surface area (Å²) in [7, 11) is 4.79. The van der Waals surface area contributed by atoms with Gasteiger partial charge >= 0.3 is 0 Å². The van der Waals surface area contributed by atoms with Gasteiger partial charge in [0.05, 0.1) is 25.3 Å². The number of pyridine rings is 1. The van der Waals surface area contributed by atoms with E-state index in [1.807, 2.05) is 0 Å². The molecule has 0 bridgehead atoms. The second-order valence-electron chi connectivity index (χ2n) is 9.04. The van der Waals surface area contributed by atoms with Gasteiger partial charge in [0.2, 0.25) is 5.95 Å². The second-order valence-corrected chi connectivity index (χ2v) is 9.04. The lowest BCUT2D eigenvalue weighted by molar-refractivity contribution is 0.269. The molecule has 3 heterocycles. The van der Waals surface area contributed by atoms with Gasteiger partial charge in [-0.05, 0) is 36.4 Å². The number of hydrogen-bond acceptors (Lipinski definition) is 8. The summed E-state index contributed by atoms with van der Waals surface area (Å²) < 4.78 is 33.4. The number of nitrogens with zero attached hydrogens (tertiary/aromatic N) is 5. The number of fused-ring (bicyclic) bond motifs is 1. The summed E-state index contributed by atoms with van der Waals surface area (Å²) in [5.41, 5.74) is 1.13. The molecule has 198 valence electrons. The Balaban J connectivity index is 1.42. The number of ether oxygens (including phenoxy) is 3. The van der Waals surface area contributed by atoms with E-state index in [2.05, 4.69) is 26.7 Å². The van der Waals surface area contributed by atoms with E-state index in [4.69, 9.17) is 14.2 Å². The highest BCUT2D eigenvalue weighted by Crippen LogP contribution is 2.37. The van der Waals surface area contributed by atoms with Crippen LogP contribution in [0.5, 0.6) is 23.0 Å². The first-order chi connectivity index (χ1) is 18.4. The molecule has 0 radical (unpaired) electrons. The summed E-state index contributed by atoms with van der Waals surface area (Å²) in [5, 5.41) is 0.641. The maximum Gasteiger partial charge on any atom is 0.262 e. The highest BCUT2D eigenvalue weighted by Gasteiger charge is 2.21. The van der Waals surface area contributed by atoms with Crippen molar-refractivity contribution >= 4 is 16.9 Å². The molecule has 0 saturated carbocycles. The summed E-state index contributed by atoms with van der Waals surface area (Å²) in [6, 6.07) is 9.58. The fourth-order valence-electron chi connectivity index (χ4n) is 4.70. The third-order valence-corrected chi connectivity index (χ3v) is 6.92. The molecular weight excluding hydrogens is 489 g/mol. The standard InChI is InChI=1S/C28H30FN5O4/c1-5-33-10-12-34(13-11-33)28-31-17-20(27(35)32(28)2)18-6-7-24(21(29)14-18)38-23-8-9-30-22-16-26(37-4)25(36-3)15-19(22)23/h6-9,14-17H,5,10-13H2,1-4H3. The molecule has 0 spiro atoms. The first-order valence-corrected chi connectivity index (χ1v) is 12.4. The summed E-state index contributed by atoms with van der Waals surface area (Å²) in [5.74, 6) is 1.48. The van der Waals surface area contributed by atoms with E-state index < -0.39 is 5.82 Å². The zero-order valence-electron chi connectivity index (χ0n) is 21.9. The van der Waals surface area contributed by atoms with Crippen molar-refractivity contribution in [2.75, 3.05) is 51.8 Å². The Morgan fingerprint density at radius 3 is 2.34 bits per heavy atom. The average molecular weight is 520 g/mol. The van der Waals surface area contributed by atoms with Crippen molar-refractivity contribution in [1.82, 2.24) is 19.4 Å². The minimum absolute atomic E-state index is 0.0197. The van der Waals surface area contributed by atoms with Crippen LogP contribution in [-0.4, -0.2) is 66.4 Å². The molecule has 38 heavy (non-hydrogen) atoms. The summed E-state index contributed by atoms with van der Waals surface area (Å²) in [6.45, 7) is 6.60. The molecule has 0 amide bonds. The molecule has 10 heteroatoms. The van der Waals surface area contributed by atoms with Crippen LogP contribution in [0, 0.1) is 5.82 Å². The van der Waals surface area contributed by atoms with E-state index in [1.54, 1.807) is 44.6 Å². The van der Waals surface area contributed by atoms with E-state index in [1.165, 1.54) is 30.0 Å². The normalized spacial score (nSPS) is 14.1. The molecular formula is C28H30FN5O4. The number of rotatable bonds is 7. The van der Waals surface area contributed by atoms with Crippen molar-refractivity contribution in [1.29, 1.82) is 0 Å². The van der Waals surface area contributed by atoms with Crippen LogP contribution in [-0.2, 0) is 7.05 Å². The van der Waals surface area contributed by atoms with E-state index >= 15 is 4.39 Å². The molecule has 1 fully saturated rings. The fraction of sp³-hybridized carbons (Fsp3) is 0.321. The van der Waals surface area contributed by atoms with Crippen LogP contribution >= 0.6 is 0 Å². The maximum atomic E-state index is 15.2. The minimum Gasteiger partial charge on any atom is -0.493 e. The van der Waals surface area contributed by atoms with E-state index in [-0.39, 0.29) is 11.3 Å². The quantitative estimate of drug-likeness (QED) is 0.361. The average Bonchev–Trinajstić information content (AvgIpc) is 2.95. The molecule has 1 saturated heterocycles. The zero-order valence-corrected chi connectivity index (χ0v) is 21.9. The fourth-order valence-corrected chi connectivity index (χ4v) is 4.70. The molecule has 1 aliphatic rings. The van der Waals surface area contributed by atoms with Crippen molar-refractivity contribution in [2.24, 2.45) is 7.05 Å². The molecule has 0 N–H and O–H groups in total. The molecule has 2 aromatic heterocycles. The number of likely N-dealkylation sites (N-methyl/N-ethyl adjacent to an activating group) is 1. The molecule has 9 nitrogen and oxygen atoms in total. The van der Waals surface area contributed by atoms with E-state index in [0.29, 0.717) is 45.2 Å². The molecule has 0 aliphatic carbocycles. The van der Waals surface area contributed by atoms with Gasteiger partial charge in [0.15, 0.2) is 23.1 Å². The zero-order chi connectivity index (χ0) is 26.8. The second kappa shape index (κ2) is 10.7. The number of hydrogen-bond donors (Lipinski definition) is 0. The monoisotopic (exact) mass is 519 g/mol. The smallest absolute Gasteiger partial charge is 0.262 e. The van der Waals surface area contributed by atoms with E-state index in [0.717, 1.165) is 32.7 Å². The lowest BCUT2D eigenvalue weighted by Crippen LogP contribution is -2.48. The summed E-state index contributed by atoms with van der Waals surface area (Å²) in [4.78, 5) is 26.6. The van der Waals surface area contributed by atoms with Crippen LogP contribution in [0.25, 0.3) is 22.0 Å². The highest BCUT2D eigenvalue weighted by atomic mass is 19.1. The Hall–Kier alpha value is -4.18. The van der Waals surface area contributed by atoms with Crippen molar-refractivity contribution in [3.63, 3.8) is 0 Å². The Labute approximate surface area is 220 Å². The number of piperazine rings is 1. The SMILES string of the molecule is CCN1CCN(c2ncc(-c3ccc(Oc4ccnc5cc(OC)c(OC)cc45)c(F)c3)c(=O)n2C)CC1. The number of anilines is 1. The summed E-state index contributed by atoms with van der Waals surface area (Å²) in [6.07, 6.45) is 3.10. The predicted octanol–water partition coefficient (Wildman–Crippen LogP) is 4.09. The largest absolute Gasteiger partial charge is 0.493 e. The Bertz CT molecular complexity index is 1530. The third kappa shape index (κ3) is 4.74. The Morgan fingerprint density at radius 2 is 1.66 bits per heavy atom. The van der Waals surface area contributed by atoms with Gasteiger partial charge in [0.1, 0.15) is 5.75 Å². The Morgan fingerprint density at radius 1 is 0.921 bits per heavy atom. The molecule has 5 rings (SSSR count). The first kappa shape index (κ1) is 25.5. The molecule has 4 aromatic rings. The van der Waals surface area contributed by atoms with Crippen molar-refractivity contribution in [3.05, 3.63) is 65.0 Å². The lowest BCUT2D eigenvalue weighted by Gasteiger charge is -2.35. The van der Waals surface area contributed by atoms with Gasteiger partial charge in [-0.15, -0.1) is 0 Å². The lowest BCUT2D eigenvalue weighted by atomic mass is 10.1. The van der Waals surface area contributed by atoms with Crippen LogP contribution in [0.4, 0.5) is 10.3 Å². The van der Waals surface area contributed by atoms with Gasteiger partial charge in [-0.3, -0.25) is 14.3 Å². The van der Waals surface area contributed by atoms with Crippen molar-refractivity contribution in [3.8, 4) is 34.1 Å². The van der Waals surface area contributed by atoms with Gasteiger partial charge in [-0.25, -0.2) is 9.37 Å².